The molecule has 94 valence electrons. The van der Waals surface area contributed by atoms with Gasteiger partial charge in [0.25, 0.3) is 0 Å². The van der Waals surface area contributed by atoms with E-state index in [-0.39, 0.29) is 5.78 Å². The Morgan fingerprint density at radius 3 is 2.22 bits per heavy atom. The maximum atomic E-state index is 11.6. The first kappa shape index (κ1) is 12.9. The Balaban J connectivity index is 2.59. The minimum absolute atomic E-state index is 0.0617. The van der Waals surface area contributed by atoms with E-state index in [1.165, 1.54) is 0 Å². The molecule has 0 aliphatic rings. The molecule has 3 nitrogen and oxygen atoms in total. The van der Waals surface area contributed by atoms with E-state index in [0.29, 0.717) is 22.4 Å². The molecule has 0 spiro atoms. The van der Waals surface area contributed by atoms with Crippen molar-refractivity contribution in [1.82, 2.24) is 0 Å². The minimum Gasteiger partial charge on any atom is -0.493 e. The number of Topliss-reactive ketones (excluding diaryl/α,β-unsaturated/α-hetero) is 1. The van der Waals surface area contributed by atoms with E-state index < -0.39 is 0 Å². The fourth-order valence-electron chi connectivity index (χ4n) is 1.83. The number of methoxy groups -OCH3 is 2. The number of halogens is 1. The van der Waals surface area contributed by atoms with Gasteiger partial charge in [0.15, 0.2) is 17.3 Å². The molecule has 0 saturated carbocycles. The van der Waals surface area contributed by atoms with Gasteiger partial charge in [-0.05, 0) is 29.0 Å². The Hall–Kier alpha value is -1.55. The van der Waals surface area contributed by atoms with Gasteiger partial charge in [-0.25, -0.2) is 0 Å². The van der Waals surface area contributed by atoms with Crippen LogP contribution < -0.4 is 9.47 Å². The number of fused-ring (bicyclic) bond motifs is 1. The van der Waals surface area contributed by atoms with Crippen LogP contribution in [0.25, 0.3) is 10.8 Å². The SMILES string of the molecule is COc1cc2ccc(C(=O)CBr)cc2cc1OC. The van der Waals surface area contributed by atoms with Gasteiger partial charge in [-0.15, -0.1) is 0 Å². The number of ether oxygens (including phenoxy) is 2. The van der Waals surface area contributed by atoms with E-state index >= 15 is 0 Å². The molecule has 2 rings (SSSR count). The lowest BCUT2D eigenvalue weighted by Crippen LogP contribution is -1.99. The van der Waals surface area contributed by atoms with Crippen molar-refractivity contribution in [2.45, 2.75) is 0 Å². The summed E-state index contributed by atoms with van der Waals surface area (Å²) in [4.78, 5) is 11.6. The molecule has 18 heavy (non-hydrogen) atoms. The van der Waals surface area contributed by atoms with Gasteiger partial charge in [0.1, 0.15) is 0 Å². The van der Waals surface area contributed by atoms with E-state index in [0.717, 1.165) is 10.8 Å². The van der Waals surface area contributed by atoms with Crippen molar-refractivity contribution in [3.8, 4) is 11.5 Å². The zero-order valence-electron chi connectivity index (χ0n) is 10.2. The van der Waals surface area contributed by atoms with Gasteiger partial charge in [0, 0.05) is 5.56 Å². The van der Waals surface area contributed by atoms with Crippen LogP contribution in [0, 0.1) is 0 Å². The molecule has 2 aromatic carbocycles. The molecule has 0 unspecified atom stereocenters. The van der Waals surface area contributed by atoms with Crippen LogP contribution in [-0.2, 0) is 0 Å². The molecule has 0 heterocycles. The summed E-state index contributed by atoms with van der Waals surface area (Å²) in [5.41, 5.74) is 0.687. The normalized spacial score (nSPS) is 10.4. The van der Waals surface area contributed by atoms with Crippen molar-refractivity contribution < 1.29 is 14.3 Å². The molecule has 0 saturated heterocycles. The number of alkyl halides is 1. The molecule has 0 bridgehead atoms. The van der Waals surface area contributed by atoms with Crippen molar-refractivity contribution in [2.24, 2.45) is 0 Å². The maximum Gasteiger partial charge on any atom is 0.173 e. The molecule has 0 aromatic heterocycles. The van der Waals surface area contributed by atoms with Gasteiger partial charge in [0.05, 0.1) is 19.5 Å². The quantitative estimate of drug-likeness (QED) is 0.641. The van der Waals surface area contributed by atoms with Crippen molar-refractivity contribution >= 4 is 32.5 Å². The summed E-state index contributed by atoms with van der Waals surface area (Å²) in [6, 6.07) is 9.36. The second kappa shape index (κ2) is 5.40. The number of hydrogen-bond acceptors (Lipinski definition) is 3. The highest BCUT2D eigenvalue weighted by Gasteiger charge is 2.09. The fraction of sp³-hybridized carbons (Fsp3) is 0.214. The van der Waals surface area contributed by atoms with Crippen LogP contribution in [-0.4, -0.2) is 25.3 Å². The number of benzene rings is 2. The van der Waals surface area contributed by atoms with Crippen molar-refractivity contribution in [3.05, 3.63) is 35.9 Å². The molecule has 0 amide bonds. The van der Waals surface area contributed by atoms with Crippen molar-refractivity contribution in [3.63, 3.8) is 0 Å². The summed E-state index contributed by atoms with van der Waals surface area (Å²) in [5.74, 6) is 1.41. The number of carbonyl (C=O) groups excluding carboxylic acids is 1. The molecule has 0 radical (unpaired) electrons. The van der Waals surface area contributed by atoms with Crippen LogP contribution >= 0.6 is 15.9 Å². The first-order valence-electron chi connectivity index (χ1n) is 5.44. The molecule has 0 atom stereocenters. The zero-order chi connectivity index (χ0) is 13.1. The van der Waals surface area contributed by atoms with E-state index in [1.54, 1.807) is 14.2 Å². The molecular formula is C14H13BrO3. The lowest BCUT2D eigenvalue weighted by molar-refractivity contribution is 0.102. The zero-order valence-corrected chi connectivity index (χ0v) is 11.8. The van der Waals surface area contributed by atoms with Gasteiger partial charge in [-0.1, -0.05) is 28.1 Å². The highest BCUT2D eigenvalue weighted by atomic mass is 79.9. The Bertz CT molecular complexity index is 593. The lowest BCUT2D eigenvalue weighted by atomic mass is 10.0. The minimum atomic E-state index is 0.0617. The summed E-state index contributed by atoms with van der Waals surface area (Å²) in [5, 5.41) is 2.30. The highest BCUT2D eigenvalue weighted by Crippen LogP contribution is 2.32. The molecule has 2 aromatic rings. The Morgan fingerprint density at radius 2 is 1.67 bits per heavy atom. The van der Waals surface area contributed by atoms with Crippen LogP contribution in [0.4, 0.5) is 0 Å². The van der Waals surface area contributed by atoms with Crippen molar-refractivity contribution in [1.29, 1.82) is 0 Å². The smallest absolute Gasteiger partial charge is 0.173 e. The molecule has 0 fully saturated rings. The molecular weight excluding hydrogens is 296 g/mol. The monoisotopic (exact) mass is 308 g/mol. The van der Waals surface area contributed by atoms with Gasteiger partial charge >= 0.3 is 0 Å². The van der Waals surface area contributed by atoms with E-state index in [1.807, 2.05) is 30.3 Å². The summed E-state index contributed by atoms with van der Waals surface area (Å²) in [7, 11) is 3.20. The highest BCUT2D eigenvalue weighted by molar-refractivity contribution is 9.09. The molecule has 4 heteroatoms. The Kier molecular flexibility index (Phi) is 3.87. The van der Waals surface area contributed by atoms with Gasteiger partial charge in [-0.2, -0.15) is 0 Å². The standard InChI is InChI=1S/C14H13BrO3/c1-17-13-6-9-3-4-10(12(16)8-15)5-11(9)7-14(13)18-2/h3-7H,8H2,1-2H3. The largest absolute Gasteiger partial charge is 0.493 e. The van der Waals surface area contributed by atoms with Gasteiger partial charge in [-0.3, -0.25) is 4.79 Å². The first-order valence-corrected chi connectivity index (χ1v) is 6.56. The maximum absolute atomic E-state index is 11.6. The third kappa shape index (κ3) is 2.34. The van der Waals surface area contributed by atoms with Crippen molar-refractivity contribution in [2.75, 3.05) is 19.5 Å². The Morgan fingerprint density at radius 1 is 1.06 bits per heavy atom. The number of hydrogen-bond donors (Lipinski definition) is 0. The Labute approximate surface area is 114 Å². The predicted molar refractivity (Wildman–Crippen MR) is 75.2 cm³/mol. The van der Waals surface area contributed by atoms with Crippen LogP contribution in [0.1, 0.15) is 10.4 Å². The molecule has 0 aliphatic heterocycles. The summed E-state index contributed by atoms with van der Waals surface area (Å²) in [6.45, 7) is 0. The van der Waals surface area contributed by atoms with Crippen LogP contribution in [0.2, 0.25) is 0 Å². The second-order valence-corrected chi connectivity index (χ2v) is 4.39. The third-order valence-corrected chi connectivity index (χ3v) is 3.30. The van der Waals surface area contributed by atoms with Gasteiger partial charge < -0.3 is 9.47 Å². The summed E-state index contributed by atoms with van der Waals surface area (Å²) in [6.07, 6.45) is 0. The van der Waals surface area contributed by atoms with E-state index in [2.05, 4.69) is 15.9 Å². The van der Waals surface area contributed by atoms with Crippen LogP contribution in [0.5, 0.6) is 11.5 Å². The van der Waals surface area contributed by atoms with E-state index in [4.69, 9.17) is 9.47 Å². The second-order valence-electron chi connectivity index (χ2n) is 3.83. The average Bonchev–Trinajstić information content (AvgIpc) is 2.44. The summed E-state index contributed by atoms with van der Waals surface area (Å²) >= 11 is 3.17. The fourth-order valence-corrected chi connectivity index (χ4v) is 2.15. The van der Waals surface area contributed by atoms with Gasteiger partial charge in [0.2, 0.25) is 0 Å². The van der Waals surface area contributed by atoms with Crippen LogP contribution in [0.15, 0.2) is 30.3 Å². The molecule has 0 aliphatic carbocycles. The average molecular weight is 309 g/mol. The first-order chi connectivity index (χ1) is 8.69. The third-order valence-electron chi connectivity index (χ3n) is 2.79. The van der Waals surface area contributed by atoms with Crippen LogP contribution in [0.3, 0.4) is 0 Å². The summed E-state index contributed by atoms with van der Waals surface area (Å²) < 4.78 is 10.5. The predicted octanol–water partition coefficient (Wildman–Crippen LogP) is 3.43. The topological polar surface area (TPSA) is 35.5 Å². The lowest BCUT2D eigenvalue weighted by Gasteiger charge is -2.09. The number of ketones is 1. The molecule has 0 N–H and O–H groups in total. The van der Waals surface area contributed by atoms with E-state index in [9.17, 15) is 4.79 Å². The number of carbonyl (C=O) groups is 1. The number of rotatable bonds is 4.